The van der Waals surface area contributed by atoms with Gasteiger partial charge in [-0.15, -0.1) is 0 Å². The molecule has 0 atom stereocenters. The molecule has 2 rings (SSSR count). The summed E-state index contributed by atoms with van der Waals surface area (Å²) >= 11 is 0. The van der Waals surface area contributed by atoms with Gasteiger partial charge in [-0.05, 0) is 31.2 Å². The Hall–Kier alpha value is -2.02. The third kappa shape index (κ3) is 2.55. The van der Waals surface area contributed by atoms with Gasteiger partial charge in [-0.25, -0.2) is 13.2 Å². The zero-order valence-electron chi connectivity index (χ0n) is 10.5. The van der Waals surface area contributed by atoms with E-state index in [9.17, 15) is 13.2 Å². The lowest BCUT2D eigenvalue weighted by atomic mass is 10.1. The van der Waals surface area contributed by atoms with E-state index < -0.39 is 20.9 Å². The van der Waals surface area contributed by atoms with Crippen molar-refractivity contribution < 1.29 is 22.7 Å². The summed E-state index contributed by atoms with van der Waals surface area (Å²) in [5.74, 6) is -0.303. The topological polar surface area (TPSA) is 81.7 Å². The van der Waals surface area contributed by atoms with E-state index in [1.807, 2.05) is 0 Å². The van der Waals surface area contributed by atoms with Crippen LogP contribution in [0.5, 0.6) is 5.75 Å². The van der Waals surface area contributed by atoms with Crippen molar-refractivity contribution in [3.8, 4) is 5.75 Å². The highest BCUT2D eigenvalue weighted by Gasteiger charge is 2.30. The third-order valence-electron chi connectivity index (χ3n) is 2.56. The lowest BCUT2D eigenvalue weighted by Crippen LogP contribution is -2.25. The van der Waals surface area contributed by atoms with E-state index in [1.165, 1.54) is 13.2 Å². The van der Waals surface area contributed by atoms with Gasteiger partial charge in [-0.2, -0.15) is 0 Å². The molecule has 102 valence electrons. The molecule has 0 spiro atoms. The number of hydrogen-bond donors (Lipinski definition) is 1. The smallest absolute Gasteiger partial charge is 0.351 e. The van der Waals surface area contributed by atoms with Crippen LogP contribution in [0.15, 0.2) is 23.1 Å². The zero-order valence-corrected chi connectivity index (χ0v) is 11.3. The summed E-state index contributed by atoms with van der Waals surface area (Å²) in [5, 5.41) is 0. The second-order valence-corrected chi connectivity index (χ2v) is 5.44. The van der Waals surface area contributed by atoms with Crippen molar-refractivity contribution in [1.82, 2.24) is 0 Å². The van der Waals surface area contributed by atoms with Crippen molar-refractivity contribution in [2.75, 3.05) is 18.4 Å². The number of carbonyl (C=O) groups is 1. The van der Waals surface area contributed by atoms with E-state index in [0.29, 0.717) is 17.0 Å². The molecule has 1 aromatic rings. The molecule has 0 saturated carbocycles. The molecule has 0 bridgehead atoms. The van der Waals surface area contributed by atoms with Gasteiger partial charge in [-0.1, -0.05) is 0 Å². The number of nitrogens with one attached hydrogen (secondary N) is 1. The normalized spacial score (nSPS) is 15.8. The molecule has 0 amide bonds. The summed E-state index contributed by atoms with van der Waals surface area (Å²) in [4.78, 5) is 11.2. The predicted molar refractivity (Wildman–Crippen MR) is 70.1 cm³/mol. The van der Waals surface area contributed by atoms with Gasteiger partial charge in [0.25, 0.3) is 10.0 Å². The van der Waals surface area contributed by atoms with Gasteiger partial charge < -0.3 is 9.47 Å². The van der Waals surface area contributed by atoms with E-state index in [2.05, 4.69) is 4.72 Å². The Morgan fingerprint density at radius 1 is 1.37 bits per heavy atom. The van der Waals surface area contributed by atoms with Crippen molar-refractivity contribution >= 4 is 27.8 Å². The van der Waals surface area contributed by atoms with Crippen LogP contribution < -0.4 is 9.46 Å². The fourth-order valence-corrected chi connectivity index (χ4v) is 2.82. The molecule has 0 radical (unpaired) electrons. The number of ether oxygens (including phenoxy) is 2. The summed E-state index contributed by atoms with van der Waals surface area (Å²) in [6.07, 6.45) is 1.28. The molecule has 1 aliphatic rings. The average molecular weight is 283 g/mol. The minimum atomic E-state index is -3.88. The number of sulfonamides is 1. The molecule has 19 heavy (non-hydrogen) atoms. The largest absolute Gasteiger partial charge is 0.497 e. The van der Waals surface area contributed by atoms with Crippen molar-refractivity contribution in [3.63, 3.8) is 0 Å². The van der Waals surface area contributed by atoms with Crippen molar-refractivity contribution in [2.45, 2.75) is 6.92 Å². The van der Waals surface area contributed by atoms with Crippen LogP contribution in [0.3, 0.4) is 0 Å². The molecule has 7 heteroatoms. The number of anilines is 1. The van der Waals surface area contributed by atoms with E-state index >= 15 is 0 Å². The summed E-state index contributed by atoms with van der Waals surface area (Å²) < 4.78 is 35.9. The first-order chi connectivity index (χ1) is 8.97. The average Bonchev–Trinajstić information content (AvgIpc) is 2.36. The Kier molecular flexibility index (Phi) is 3.48. The SMILES string of the molecule is CCOC(=O)C1=Cc2cc(OC)ccc2NS1(=O)=O. The maximum atomic E-state index is 11.9. The Balaban J connectivity index is 2.52. The van der Waals surface area contributed by atoms with Gasteiger partial charge in [0.1, 0.15) is 5.75 Å². The molecular formula is C12H13NO5S. The van der Waals surface area contributed by atoms with Crippen LogP contribution in [-0.4, -0.2) is 28.1 Å². The number of fused-ring (bicyclic) bond motifs is 1. The molecule has 1 aliphatic heterocycles. The van der Waals surface area contributed by atoms with Gasteiger partial charge >= 0.3 is 5.97 Å². The molecule has 1 aromatic carbocycles. The zero-order chi connectivity index (χ0) is 14.0. The van der Waals surface area contributed by atoms with Crippen molar-refractivity contribution in [2.24, 2.45) is 0 Å². The van der Waals surface area contributed by atoms with Crippen LogP contribution in [0.2, 0.25) is 0 Å². The number of hydrogen-bond acceptors (Lipinski definition) is 5. The Morgan fingerprint density at radius 2 is 2.11 bits per heavy atom. The molecule has 6 nitrogen and oxygen atoms in total. The molecule has 1 heterocycles. The van der Waals surface area contributed by atoms with Gasteiger partial charge in [0, 0.05) is 5.56 Å². The maximum Gasteiger partial charge on any atom is 0.351 e. The number of benzene rings is 1. The second-order valence-electron chi connectivity index (χ2n) is 3.79. The lowest BCUT2D eigenvalue weighted by Gasteiger charge is -2.18. The first-order valence-corrected chi connectivity index (χ1v) is 7.06. The van der Waals surface area contributed by atoms with E-state index in [4.69, 9.17) is 9.47 Å². The highest BCUT2D eigenvalue weighted by molar-refractivity contribution is 7.97. The summed E-state index contributed by atoms with van der Waals surface area (Å²) in [5.41, 5.74) is 0.950. The van der Waals surface area contributed by atoms with Crippen LogP contribution in [0, 0.1) is 0 Å². The molecule has 0 saturated heterocycles. The minimum absolute atomic E-state index is 0.108. The number of esters is 1. The van der Waals surface area contributed by atoms with Crippen molar-refractivity contribution in [1.29, 1.82) is 0 Å². The van der Waals surface area contributed by atoms with Crippen LogP contribution in [0.1, 0.15) is 12.5 Å². The van der Waals surface area contributed by atoms with Gasteiger partial charge in [-0.3, -0.25) is 4.72 Å². The highest BCUT2D eigenvalue weighted by Crippen LogP contribution is 2.31. The number of methoxy groups -OCH3 is 1. The second kappa shape index (κ2) is 4.93. The summed E-state index contributed by atoms with van der Waals surface area (Å²) in [7, 11) is -2.38. The Morgan fingerprint density at radius 3 is 2.74 bits per heavy atom. The first kappa shape index (κ1) is 13.4. The molecular weight excluding hydrogens is 270 g/mol. The molecule has 0 aliphatic carbocycles. The van der Waals surface area contributed by atoms with Crippen LogP contribution in [0.4, 0.5) is 5.69 Å². The molecule has 0 aromatic heterocycles. The van der Waals surface area contributed by atoms with E-state index in [0.717, 1.165) is 0 Å². The predicted octanol–water partition coefficient (Wildman–Crippen LogP) is 1.35. The van der Waals surface area contributed by atoms with Crippen molar-refractivity contribution in [3.05, 3.63) is 28.7 Å². The standard InChI is InChI=1S/C12H13NO5S/c1-3-18-12(14)11-7-8-6-9(17-2)4-5-10(8)13-19(11,15)16/h4-7,13H,3H2,1-2H3. The number of carbonyl (C=O) groups excluding carboxylic acids is 1. The summed E-state index contributed by atoms with van der Waals surface area (Å²) in [6.45, 7) is 1.72. The third-order valence-corrected chi connectivity index (χ3v) is 3.91. The quantitative estimate of drug-likeness (QED) is 0.847. The molecule has 0 unspecified atom stereocenters. The Bertz CT molecular complexity index is 648. The maximum absolute atomic E-state index is 11.9. The van der Waals surface area contributed by atoms with Gasteiger partial charge in [0.15, 0.2) is 4.91 Å². The van der Waals surface area contributed by atoms with Gasteiger partial charge in [0.2, 0.25) is 0 Å². The van der Waals surface area contributed by atoms with Crippen LogP contribution in [-0.2, 0) is 19.6 Å². The highest BCUT2D eigenvalue weighted by atomic mass is 32.2. The monoisotopic (exact) mass is 283 g/mol. The van der Waals surface area contributed by atoms with Crippen LogP contribution in [0.25, 0.3) is 6.08 Å². The minimum Gasteiger partial charge on any atom is -0.497 e. The van der Waals surface area contributed by atoms with Gasteiger partial charge in [0.05, 0.1) is 19.4 Å². The molecule has 1 N–H and O–H groups in total. The van der Waals surface area contributed by atoms with E-state index in [-0.39, 0.29) is 6.61 Å². The fraction of sp³-hybridized carbons (Fsp3) is 0.250. The number of rotatable bonds is 3. The first-order valence-electron chi connectivity index (χ1n) is 5.57. The lowest BCUT2D eigenvalue weighted by molar-refractivity contribution is -0.137. The summed E-state index contributed by atoms with van der Waals surface area (Å²) in [6, 6.07) is 4.84. The fourth-order valence-electron chi connectivity index (χ4n) is 1.67. The Labute approximate surface area is 111 Å². The molecule has 0 fully saturated rings. The van der Waals surface area contributed by atoms with Crippen LogP contribution >= 0.6 is 0 Å². The van der Waals surface area contributed by atoms with E-state index in [1.54, 1.807) is 25.1 Å².